The number of nitrogens with zero attached hydrogens (tertiary/aromatic N) is 2. The minimum Gasteiger partial charge on any atom is -0.393 e. The smallest absolute Gasteiger partial charge is 0.257 e. The zero-order valence-electron chi connectivity index (χ0n) is 15.6. The highest BCUT2D eigenvalue weighted by Crippen LogP contribution is 2.23. The Labute approximate surface area is 164 Å². The molecule has 0 spiro atoms. The maximum absolute atomic E-state index is 12.4. The molecule has 8 nitrogen and oxygen atoms in total. The van der Waals surface area contributed by atoms with Crippen molar-refractivity contribution < 1.29 is 8.42 Å². The highest BCUT2D eigenvalue weighted by atomic mass is 32.2. The van der Waals surface area contributed by atoms with Gasteiger partial charge in [0.15, 0.2) is 11.6 Å². The lowest BCUT2D eigenvalue weighted by atomic mass is 10.1. The van der Waals surface area contributed by atoms with Gasteiger partial charge < -0.3 is 11.1 Å². The fourth-order valence-electron chi connectivity index (χ4n) is 2.42. The molecule has 1 heterocycles. The molecular formula is C19H22N6O2S. The van der Waals surface area contributed by atoms with Crippen molar-refractivity contribution >= 4 is 27.3 Å². The number of hydrogen-bond donors (Lipinski definition) is 4. The summed E-state index contributed by atoms with van der Waals surface area (Å²) < 4.78 is 24.8. The summed E-state index contributed by atoms with van der Waals surface area (Å²) in [6.07, 6.45) is 1.30. The van der Waals surface area contributed by atoms with Gasteiger partial charge in [-0.2, -0.15) is 0 Å². The predicted octanol–water partition coefficient (Wildman–Crippen LogP) is 2.59. The van der Waals surface area contributed by atoms with E-state index in [1.165, 1.54) is 24.0 Å². The number of nitrogens with one attached hydrogen (secondary N) is 3. The van der Waals surface area contributed by atoms with Crippen molar-refractivity contribution in [3.05, 3.63) is 71.5 Å². The molecule has 28 heavy (non-hydrogen) atoms. The molecule has 0 saturated heterocycles. The molecule has 2 aromatic carbocycles. The number of hydrazine groups is 1. The van der Waals surface area contributed by atoms with Crippen molar-refractivity contribution in [2.75, 3.05) is 16.5 Å². The van der Waals surface area contributed by atoms with Gasteiger partial charge in [-0.1, -0.05) is 47.5 Å². The van der Waals surface area contributed by atoms with Crippen LogP contribution in [0.25, 0.3) is 0 Å². The predicted molar refractivity (Wildman–Crippen MR) is 110 cm³/mol. The Morgan fingerprint density at radius 1 is 0.893 bits per heavy atom. The third-order valence-electron chi connectivity index (χ3n) is 4.10. The molecule has 3 rings (SSSR count). The molecule has 3 aromatic rings. The second-order valence-electron chi connectivity index (χ2n) is 6.37. The number of nitrogen functional groups attached to an aromatic ring is 1. The first-order valence-electron chi connectivity index (χ1n) is 8.59. The summed E-state index contributed by atoms with van der Waals surface area (Å²) in [6, 6.07) is 14.6. The van der Waals surface area contributed by atoms with Gasteiger partial charge in [-0.3, -0.25) is 5.43 Å². The normalized spacial score (nSPS) is 11.2. The number of anilines is 3. The second-order valence-corrected chi connectivity index (χ2v) is 8.05. The van der Waals surface area contributed by atoms with E-state index in [0.29, 0.717) is 12.4 Å². The lowest BCUT2D eigenvalue weighted by molar-refractivity contribution is 0.587. The van der Waals surface area contributed by atoms with Crippen LogP contribution in [0, 0.1) is 13.8 Å². The maximum atomic E-state index is 12.4. The molecule has 0 radical (unpaired) electrons. The van der Waals surface area contributed by atoms with E-state index < -0.39 is 10.0 Å². The number of sulfonamides is 1. The van der Waals surface area contributed by atoms with Gasteiger partial charge in [0.25, 0.3) is 10.0 Å². The van der Waals surface area contributed by atoms with E-state index in [0.717, 1.165) is 11.1 Å². The summed E-state index contributed by atoms with van der Waals surface area (Å²) in [5.41, 5.74) is 12.1. The average Bonchev–Trinajstić information content (AvgIpc) is 2.68. The van der Waals surface area contributed by atoms with Crippen molar-refractivity contribution in [3.8, 4) is 0 Å². The van der Waals surface area contributed by atoms with Gasteiger partial charge in [-0.25, -0.2) is 18.4 Å². The Morgan fingerprint density at radius 3 is 2.11 bits per heavy atom. The molecule has 146 valence electrons. The third-order valence-corrected chi connectivity index (χ3v) is 5.36. The fraction of sp³-hybridized carbons (Fsp3) is 0.158. The molecule has 0 saturated carbocycles. The SMILES string of the molecule is Cc1ccc(CNc2ncnc(NNS(=O)(=O)c3ccc(C)cc3)c2N)cc1. The van der Waals surface area contributed by atoms with Gasteiger partial charge in [0.2, 0.25) is 0 Å². The minimum atomic E-state index is -3.76. The standard InChI is InChI=1S/C19H22N6O2S/c1-13-3-7-15(8-4-13)11-21-18-17(20)19(23-12-22-18)24-25-28(26,27)16-9-5-14(2)6-10-16/h3-10,12,25H,11,20H2,1-2H3,(H2,21,22,23,24). The molecule has 1 aromatic heterocycles. The summed E-state index contributed by atoms with van der Waals surface area (Å²) >= 11 is 0. The first-order chi connectivity index (χ1) is 13.3. The van der Waals surface area contributed by atoms with Crippen LogP contribution in [-0.4, -0.2) is 18.4 Å². The van der Waals surface area contributed by atoms with Gasteiger partial charge in [0, 0.05) is 6.54 Å². The summed E-state index contributed by atoms with van der Waals surface area (Å²) in [4.78, 5) is 10.5. The first kappa shape index (κ1) is 19.6. The maximum Gasteiger partial charge on any atom is 0.257 e. The van der Waals surface area contributed by atoms with Crippen LogP contribution in [-0.2, 0) is 16.6 Å². The highest BCUT2D eigenvalue weighted by molar-refractivity contribution is 7.89. The molecular weight excluding hydrogens is 376 g/mol. The van der Waals surface area contributed by atoms with Crippen LogP contribution < -0.4 is 21.3 Å². The molecule has 0 unspecified atom stereocenters. The van der Waals surface area contributed by atoms with Crippen LogP contribution in [0.1, 0.15) is 16.7 Å². The van der Waals surface area contributed by atoms with E-state index in [1.807, 2.05) is 38.1 Å². The lowest BCUT2D eigenvalue weighted by Crippen LogP contribution is -2.30. The monoisotopic (exact) mass is 398 g/mol. The topological polar surface area (TPSA) is 122 Å². The number of hydrogen-bond acceptors (Lipinski definition) is 7. The lowest BCUT2D eigenvalue weighted by Gasteiger charge is -2.13. The highest BCUT2D eigenvalue weighted by Gasteiger charge is 2.15. The summed E-state index contributed by atoms with van der Waals surface area (Å²) in [5.74, 6) is 0.574. The zero-order valence-corrected chi connectivity index (χ0v) is 16.4. The summed E-state index contributed by atoms with van der Waals surface area (Å²) in [7, 11) is -3.76. The van der Waals surface area contributed by atoms with E-state index in [-0.39, 0.29) is 16.4 Å². The molecule has 5 N–H and O–H groups in total. The molecule has 0 aliphatic heterocycles. The van der Waals surface area contributed by atoms with E-state index in [1.54, 1.807) is 12.1 Å². The molecule has 0 amide bonds. The summed E-state index contributed by atoms with van der Waals surface area (Å²) in [6.45, 7) is 4.43. The number of rotatable bonds is 7. The Balaban J connectivity index is 1.68. The van der Waals surface area contributed by atoms with Gasteiger partial charge in [0.05, 0.1) is 4.90 Å². The molecule has 0 atom stereocenters. The second kappa shape index (κ2) is 8.24. The van der Waals surface area contributed by atoms with E-state index in [4.69, 9.17) is 5.73 Å². The summed E-state index contributed by atoms with van der Waals surface area (Å²) in [5, 5.41) is 3.13. The average molecular weight is 398 g/mol. The van der Waals surface area contributed by atoms with Gasteiger partial charge in [-0.15, -0.1) is 4.83 Å². The Bertz CT molecular complexity index is 1050. The fourth-order valence-corrected chi connectivity index (χ4v) is 3.26. The van der Waals surface area contributed by atoms with E-state index in [2.05, 4.69) is 25.5 Å². The number of aryl methyl sites for hydroxylation is 2. The Hall–Kier alpha value is -3.17. The largest absolute Gasteiger partial charge is 0.393 e. The van der Waals surface area contributed by atoms with Crippen LogP contribution in [0.2, 0.25) is 0 Å². The molecule has 0 aliphatic carbocycles. The van der Waals surface area contributed by atoms with Crippen LogP contribution in [0.15, 0.2) is 59.8 Å². The number of benzene rings is 2. The first-order valence-corrected chi connectivity index (χ1v) is 10.1. The van der Waals surface area contributed by atoms with Gasteiger partial charge in [0.1, 0.15) is 12.0 Å². The van der Waals surface area contributed by atoms with Crippen LogP contribution in [0.3, 0.4) is 0 Å². The van der Waals surface area contributed by atoms with Crippen LogP contribution in [0.4, 0.5) is 17.3 Å². The van der Waals surface area contributed by atoms with Crippen molar-refractivity contribution in [1.29, 1.82) is 0 Å². The third kappa shape index (κ3) is 4.76. The molecule has 0 fully saturated rings. The molecule has 0 aliphatic rings. The van der Waals surface area contributed by atoms with Crippen molar-refractivity contribution in [3.63, 3.8) is 0 Å². The number of aromatic nitrogens is 2. The van der Waals surface area contributed by atoms with Crippen molar-refractivity contribution in [2.24, 2.45) is 0 Å². The Morgan fingerprint density at radius 2 is 1.46 bits per heavy atom. The zero-order chi connectivity index (χ0) is 20.1. The van der Waals surface area contributed by atoms with E-state index in [9.17, 15) is 8.42 Å². The number of nitrogens with two attached hydrogens (primary N) is 1. The molecule has 9 heteroatoms. The van der Waals surface area contributed by atoms with E-state index >= 15 is 0 Å². The quantitative estimate of drug-likeness (QED) is 0.451. The van der Waals surface area contributed by atoms with Crippen LogP contribution >= 0.6 is 0 Å². The van der Waals surface area contributed by atoms with Crippen molar-refractivity contribution in [2.45, 2.75) is 25.3 Å². The van der Waals surface area contributed by atoms with Crippen molar-refractivity contribution in [1.82, 2.24) is 14.8 Å². The van der Waals surface area contributed by atoms with Gasteiger partial charge >= 0.3 is 0 Å². The Kier molecular flexibility index (Phi) is 5.76. The molecule has 0 bridgehead atoms. The van der Waals surface area contributed by atoms with Gasteiger partial charge in [-0.05, 0) is 31.5 Å². The minimum absolute atomic E-state index is 0.135. The van der Waals surface area contributed by atoms with Crippen LogP contribution in [0.5, 0.6) is 0 Å².